The number of aromatic nitrogens is 2. The lowest BCUT2D eigenvalue weighted by molar-refractivity contribution is 0.529. The molecule has 2 heterocycles. The predicted molar refractivity (Wildman–Crippen MR) is 87.1 cm³/mol. The van der Waals surface area contributed by atoms with Crippen LogP contribution in [0, 0.1) is 6.92 Å². The fourth-order valence-electron chi connectivity index (χ4n) is 1.82. The zero-order chi connectivity index (χ0) is 15.1. The van der Waals surface area contributed by atoms with Crippen LogP contribution in [-0.4, -0.2) is 18.7 Å². The van der Waals surface area contributed by atoms with E-state index >= 15 is 0 Å². The number of fused-ring (bicyclic) bond motifs is 1. The Hall–Kier alpha value is -0.560. The van der Waals surface area contributed by atoms with E-state index in [1.807, 2.05) is 57.5 Å². The van der Waals surface area contributed by atoms with Gasteiger partial charge in [0.15, 0.2) is 5.65 Å². The Bertz CT molecular complexity index is 621. The van der Waals surface area contributed by atoms with Crippen molar-refractivity contribution in [2.24, 2.45) is 0 Å². The lowest BCUT2D eigenvalue weighted by Gasteiger charge is -2.25. The van der Waals surface area contributed by atoms with Gasteiger partial charge in [0.2, 0.25) is 0 Å². The third kappa shape index (κ3) is 3.36. The first kappa shape index (κ1) is 15.8. The Morgan fingerprint density at radius 2 is 2.05 bits per heavy atom. The van der Waals surface area contributed by atoms with E-state index in [1.165, 1.54) is 0 Å². The molecule has 0 aliphatic carbocycles. The molecule has 0 aliphatic heterocycles. The summed E-state index contributed by atoms with van der Waals surface area (Å²) in [5, 5.41) is 0. The highest BCUT2D eigenvalue weighted by Gasteiger charge is 2.29. The normalized spacial score (nSPS) is 15.6. The van der Waals surface area contributed by atoms with Crippen molar-refractivity contribution in [3.05, 3.63) is 34.2 Å². The molecule has 0 aliphatic rings. The predicted octanol–water partition coefficient (Wildman–Crippen LogP) is 3.52. The maximum absolute atomic E-state index is 12.1. The molecule has 0 radical (unpaired) electrons. The molecule has 20 heavy (non-hydrogen) atoms. The van der Waals surface area contributed by atoms with E-state index in [-0.39, 0.29) is 10.8 Å². The summed E-state index contributed by atoms with van der Waals surface area (Å²) in [4.78, 5) is 4.61. The summed E-state index contributed by atoms with van der Waals surface area (Å²) in [5.74, 6) is 0. The zero-order valence-electron chi connectivity index (χ0n) is 12.4. The smallest absolute Gasteiger partial charge is 0.151 e. The van der Waals surface area contributed by atoms with Crippen LogP contribution in [0.1, 0.15) is 45.0 Å². The van der Waals surface area contributed by atoms with Gasteiger partial charge in [-0.15, -0.1) is 4.72 Å². The monoisotopic (exact) mass is 357 g/mol. The largest absolute Gasteiger partial charge is 0.598 e. The molecule has 4 nitrogen and oxygen atoms in total. The van der Waals surface area contributed by atoms with Gasteiger partial charge >= 0.3 is 0 Å². The van der Waals surface area contributed by atoms with Gasteiger partial charge in [-0.05, 0) is 62.2 Å². The molecule has 0 saturated carbocycles. The summed E-state index contributed by atoms with van der Waals surface area (Å²) in [6, 6.07) is 1.97. The molecule has 2 atom stereocenters. The minimum absolute atomic E-state index is 0.0674. The molecular formula is C14H20BrN3OS. The summed E-state index contributed by atoms with van der Waals surface area (Å²) in [5.41, 5.74) is 2.92. The Morgan fingerprint density at radius 1 is 1.40 bits per heavy atom. The second-order valence-electron chi connectivity index (χ2n) is 5.98. The number of nitrogens with one attached hydrogen (secondary N) is 1. The Balaban J connectivity index is 2.27. The molecule has 0 amide bonds. The van der Waals surface area contributed by atoms with Gasteiger partial charge in [0.05, 0.1) is 16.2 Å². The van der Waals surface area contributed by atoms with E-state index in [1.54, 1.807) is 0 Å². The first-order valence-corrected chi connectivity index (χ1v) is 8.45. The molecule has 2 aromatic heterocycles. The number of rotatable bonds is 3. The van der Waals surface area contributed by atoms with E-state index in [2.05, 4.69) is 25.6 Å². The lowest BCUT2D eigenvalue weighted by Crippen LogP contribution is -2.40. The molecule has 0 aromatic carbocycles. The van der Waals surface area contributed by atoms with Gasteiger partial charge in [-0.1, -0.05) is 0 Å². The quantitative estimate of drug-likeness (QED) is 0.855. The van der Waals surface area contributed by atoms with E-state index in [0.29, 0.717) is 0 Å². The summed E-state index contributed by atoms with van der Waals surface area (Å²) < 4.78 is 17.9. The highest BCUT2D eigenvalue weighted by Crippen LogP contribution is 2.23. The van der Waals surface area contributed by atoms with E-state index in [0.717, 1.165) is 21.4 Å². The Labute approximate surface area is 131 Å². The van der Waals surface area contributed by atoms with Crippen molar-refractivity contribution in [3.63, 3.8) is 0 Å². The summed E-state index contributed by atoms with van der Waals surface area (Å²) >= 11 is 2.42. The molecule has 2 rings (SSSR count). The van der Waals surface area contributed by atoms with Gasteiger partial charge in [-0.3, -0.25) is 0 Å². The minimum Gasteiger partial charge on any atom is -0.598 e. The molecule has 0 spiro atoms. The number of nitrogens with zero attached hydrogens (tertiary/aromatic N) is 2. The number of hydrogen-bond acceptors (Lipinski definition) is 3. The van der Waals surface area contributed by atoms with Crippen LogP contribution in [0.15, 0.2) is 22.9 Å². The van der Waals surface area contributed by atoms with Crippen LogP contribution < -0.4 is 4.72 Å². The standard InChI is InChI=1S/C14H20BrN3OS/c1-9-6-11(15)13-16-12(8-18(13)7-9)10(2)17-20(19)14(3,4)5/h6-8,10,17H,1-5H3/t10-,20?/m1/s1. The van der Waals surface area contributed by atoms with Crippen molar-refractivity contribution in [3.8, 4) is 0 Å². The van der Waals surface area contributed by atoms with Crippen molar-refractivity contribution in [2.75, 3.05) is 0 Å². The number of imidazole rings is 1. The molecule has 6 heteroatoms. The lowest BCUT2D eigenvalue weighted by atomic mass is 10.3. The summed E-state index contributed by atoms with van der Waals surface area (Å²) in [6.07, 6.45) is 4.01. The van der Waals surface area contributed by atoms with E-state index in [4.69, 9.17) is 0 Å². The topological polar surface area (TPSA) is 52.4 Å². The third-order valence-electron chi connectivity index (χ3n) is 2.95. The summed E-state index contributed by atoms with van der Waals surface area (Å²) in [7, 11) is 0. The maximum Gasteiger partial charge on any atom is 0.151 e. The fraction of sp³-hybridized carbons (Fsp3) is 0.500. The van der Waals surface area contributed by atoms with Crippen molar-refractivity contribution in [1.29, 1.82) is 0 Å². The molecule has 0 fully saturated rings. The molecule has 0 bridgehead atoms. The van der Waals surface area contributed by atoms with Gasteiger partial charge < -0.3 is 8.95 Å². The van der Waals surface area contributed by atoms with Gasteiger partial charge in [-0.25, -0.2) is 4.98 Å². The van der Waals surface area contributed by atoms with Crippen molar-refractivity contribution in [1.82, 2.24) is 14.1 Å². The molecule has 0 saturated heterocycles. The first-order chi connectivity index (χ1) is 9.18. The van der Waals surface area contributed by atoms with Crippen LogP contribution in [0.5, 0.6) is 0 Å². The second kappa shape index (κ2) is 5.67. The van der Waals surface area contributed by atoms with Gasteiger partial charge in [0.25, 0.3) is 0 Å². The number of pyridine rings is 1. The van der Waals surface area contributed by atoms with E-state index in [9.17, 15) is 4.55 Å². The minimum atomic E-state index is -1.11. The number of hydrogen-bond donors (Lipinski definition) is 1. The second-order valence-corrected chi connectivity index (χ2v) is 8.83. The van der Waals surface area contributed by atoms with Crippen LogP contribution >= 0.6 is 15.9 Å². The Morgan fingerprint density at radius 3 is 2.65 bits per heavy atom. The average molecular weight is 358 g/mol. The highest BCUT2D eigenvalue weighted by molar-refractivity contribution is 9.10. The van der Waals surface area contributed by atoms with Crippen molar-refractivity contribution >= 4 is 32.9 Å². The van der Waals surface area contributed by atoms with Crippen molar-refractivity contribution in [2.45, 2.75) is 45.4 Å². The molecule has 2 aromatic rings. The zero-order valence-corrected chi connectivity index (χ0v) is 14.8. The van der Waals surface area contributed by atoms with E-state index < -0.39 is 11.4 Å². The van der Waals surface area contributed by atoms with Gasteiger partial charge in [0.1, 0.15) is 4.75 Å². The van der Waals surface area contributed by atoms with Crippen LogP contribution in [0.4, 0.5) is 0 Å². The van der Waals surface area contributed by atoms with Crippen LogP contribution in [0.2, 0.25) is 0 Å². The molecular weight excluding hydrogens is 338 g/mol. The van der Waals surface area contributed by atoms with Crippen LogP contribution in [-0.2, 0) is 11.4 Å². The molecule has 1 N–H and O–H groups in total. The van der Waals surface area contributed by atoms with Crippen LogP contribution in [0.25, 0.3) is 5.65 Å². The SMILES string of the molecule is Cc1cc(Br)c2nc([C@@H](C)N[S+]([O-])C(C)(C)C)cn2c1. The van der Waals surface area contributed by atoms with Gasteiger partial charge in [0, 0.05) is 23.8 Å². The average Bonchev–Trinajstić information content (AvgIpc) is 2.71. The first-order valence-electron chi connectivity index (χ1n) is 6.51. The number of aryl methyl sites for hydroxylation is 1. The highest BCUT2D eigenvalue weighted by atomic mass is 79.9. The summed E-state index contributed by atoms with van der Waals surface area (Å²) in [6.45, 7) is 9.87. The maximum atomic E-state index is 12.1. The fourth-order valence-corrected chi connectivity index (χ4v) is 3.27. The Kier molecular flexibility index (Phi) is 4.49. The van der Waals surface area contributed by atoms with Crippen LogP contribution in [0.3, 0.4) is 0 Å². The van der Waals surface area contributed by atoms with Crippen molar-refractivity contribution < 1.29 is 4.55 Å². The van der Waals surface area contributed by atoms with Gasteiger partial charge in [-0.2, -0.15) is 0 Å². The number of halogens is 1. The third-order valence-corrected chi connectivity index (χ3v) is 5.21. The molecule has 1 unspecified atom stereocenters. The molecule has 110 valence electrons.